The number of amides is 2. The number of nitrogens with zero attached hydrogens (tertiary/aromatic N) is 1. The number of halogens is 1. The summed E-state index contributed by atoms with van der Waals surface area (Å²) in [6, 6.07) is 7.09. The molecular weight excluding hydrogens is 358 g/mol. The van der Waals surface area contributed by atoms with Crippen LogP contribution in [0.1, 0.15) is 40.1 Å². The molecule has 1 aromatic heterocycles. The van der Waals surface area contributed by atoms with E-state index in [1.165, 1.54) is 18.5 Å². The smallest absolute Gasteiger partial charge is 0.257 e. The number of hydrogen-bond acceptors (Lipinski definition) is 3. The van der Waals surface area contributed by atoms with Crippen LogP contribution in [0.3, 0.4) is 0 Å². The minimum Gasteiger partial charge on any atom is -0.350 e. The number of hydrogen-bond donors (Lipinski definition) is 2. The molecule has 2 rings (SSSR count). The molecular formula is C17H18BrN3O2. The minimum absolute atomic E-state index is 0.0192. The van der Waals surface area contributed by atoms with Gasteiger partial charge in [-0.2, -0.15) is 0 Å². The minimum atomic E-state index is -0.307. The van der Waals surface area contributed by atoms with Crippen LogP contribution in [0.15, 0.2) is 41.1 Å². The topological polar surface area (TPSA) is 71.1 Å². The number of carbonyl (C=O) groups is 2. The molecule has 0 unspecified atom stereocenters. The van der Waals surface area contributed by atoms with Crippen molar-refractivity contribution in [2.24, 2.45) is 0 Å². The lowest BCUT2D eigenvalue weighted by Gasteiger charge is -2.10. The first-order valence-corrected chi connectivity index (χ1v) is 7.99. The maximum absolute atomic E-state index is 12.3. The molecule has 1 aromatic carbocycles. The molecule has 2 amide bonds. The fourth-order valence-corrected chi connectivity index (χ4v) is 2.21. The summed E-state index contributed by atoms with van der Waals surface area (Å²) in [5, 5.41) is 5.57. The first-order chi connectivity index (χ1) is 10.9. The summed E-state index contributed by atoms with van der Waals surface area (Å²) in [5.74, 6) is -0.556. The third kappa shape index (κ3) is 4.63. The van der Waals surface area contributed by atoms with Crippen molar-refractivity contribution >= 4 is 33.4 Å². The monoisotopic (exact) mass is 375 g/mol. The highest BCUT2D eigenvalue weighted by Gasteiger charge is 2.12. The Bertz CT molecular complexity index is 744. The van der Waals surface area contributed by atoms with Crippen LogP contribution < -0.4 is 10.6 Å². The van der Waals surface area contributed by atoms with Crippen LogP contribution in [0.5, 0.6) is 0 Å². The second-order valence-electron chi connectivity index (χ2n) is 5.51. The zero-order valence-electron chi connectivity index (χ0n) is 13.2. The van der Waals surface area contributed by atoms with Crippen molar-refractivity contribution in [2.75, 3.05) is 5.32 Å². The molecule has 0 aliphatic heterocycles. The molecule has 2 N–H and O–H groups in total. The van der Waals surface area contributed by atoms with Crippen molar-refractivity contribution in [3.05, 3.63) is 57.8 Å². The Kier molecular flexibility index (Phi) is 5.50. The fraction of sp³-hybridized carbons (Fsp3) is 0.235. The number of aryl methyl sites for hydroxylation is 1. The predicted molar refractivity (Wildman–Crippen MR) is 93.7 cm³/mol. The zero-order chi connectivity index (χ0) is 17.0. The zero-order valence-corrected chi connectivity index (χ0v) is 14.8. The molecule has 5 nitrogen and oxygen atoms in total. The molecule has 0 aliphatic rings. The van der Waals surface area contributed by atoms with Gasteiger partial charge >= 0.3 is 0 Å². The number of carbonyl (C=O) groups excluding carboxylic acids is 2. The average Bonchev–Trinajstić information content (AvgIpc) is 2.50. The van der Waals surface area contributed by atoms with E-state index >= 15 is 0 Å². The van der Waals surface area contributed by atoms with Crippen molar-refractivity contribution in [3.63, 3.8) is 0 Å². The molecule has 0 saturated carbocycles. The summed E-state index contributed by atoms with van der Waals surface area (Å²) < 4.78 is 0.976. The highest BCUT2D eigenvalue weighted by molar-refractivity contribution is 9.10. The Labute approximate surface area is 143 Å². The third-order valence-corrected chi connectivity index (χ3v) is 3.99. The van der Waals surface area contributed by atoms with E-state index in [9.17, 15) is 9.59 Å². The van der Waals surface area contributed by atoms with Gasteiger partial charge in [0, 0.05) is 28.6 Å². The Morgan fingerprint density at radius 2 is 1.74 bits per heavy atom. The Morgan fingerprint density at radius 3 is 2.35 bits per heavy atom. The van der Waals surface area contributed by atoms with Gasteiger partial charge in [-0.1, -0.05) is 15.9 Å². The predicted octanol–water partition coefficient (Wildman–Crippen LogP) is 3.54. The van der Waals surface area contributed by atoms with Crippen molar-refractivity contribution in [2.45, 2.75) is 26.8 Å². The Morgan fingerprint density at radius 1 is 1.09 bits per heavy atom. The number of aromatic nitrogens is 1. The highest BCUT2D eigenvalue weighted by Crippen LogP contribution is 2.20. The highest BCUT2D eigenvalue weighted by atomic mass is 79.9. The van der Waals surface area contributed by atoms with E-state index in [0.29, 0.717) is 16.8 Å². The molecule has 6 heteroatoms. The van der Waals surface area contributed by atoms with Crippen LogP contribution in [0.4, 0.5) is 5.69 Å². The standard InChI is InChI=1S/C17H18BrN3O2/c1-10(2)20-16(22)12-7-13(9-19-8-12)17(23)21-14-4-5-15(18)11(3)6-14/h4-10H,1-3H3,(H,20,22)(H,21,23). The van der Waals surface area contributed by atoms with Gasteiger partial charge in [0.05, 0.1) is 11.1 Å². The van der Waals surface area contributed by atoms with Crippen LogP contribution >= 0.6 is 15.9 Å². The van der Waals surface area contributed by atoms with Crippen molar-refractivity contribution in [1.82, 2.24) is 10.3 Å². The molecule has 0 spiro atoms. The second-order valence-corrected chi connectivity index (χ2v) is 6.36. The summed E-state index contributed by atoms with van der Waals surface area (Å²) in [4.78, 5) is 28.3. The van der Waals surface area contributed by atoms with E-state index in [4.69, 9.17) is 0 Å². The number of rotatable bonds is 4. The lowest BCUT2D eigenvalue weighted by Crippen LogP contribution is -2.30. The molecule has 0 atom stereocenters. The maximum Gasteiger partial charge on any atom is 0.257 e. The summed E-state index contributed by atoms with van der Waals surface area (Å²) >= 11 is 3.42. The number of benzene rings is 1. The normalized spacial score (nSPS) is 10.5. The molecule has 1 heterocycles. The molecule has 120 valence electrons. The molecule has 2 aromatic rings. The van der Waals surface area contributed by atoms with E-state index in [-0.39, 0.29) is 17.9 Å². The van der Waals surface area contributed by atoms with Gasteiger partial charge in [-0.25, -0.2) is 0 Å². The van der Waals surface area contributed by atoms with Gasteiger partial charge in [0.1, 0.15) is 0 Å². The van der Waals surface area contributed by atoms with Gasteiger partial charge in [-0.05, 0) is 50.6 Å². The van der Waals surface area contributed by atoms with Gasteiger partial charge in [0.25, 0.3) is 11.8 Å². The van der Waals surface area contributed by atoms with Crippen LogP contribution in [-0.2, 0) is 0 Å². The molecule has 0 radical (unpaired) electrons. The van der Waals surface area contributed by atoms with Crippen molar-refractivity contribution in [3.8, 4) is 0 Å². The summed E-state index contributed by atoms with van der Waals surface area (Å²) in [5.41, 5.74) is 2.40. The van der Waals surface area contributed by atoms with Crippen molar-refractivity contribution < 1.29 is 9.59 Å². The third-order valence-electron chi connectivity index (χ3n) is 3.10. The van der Waals surface area contributed by atoms with Crippen LogP contribution in [0.2, 0.25) is 0 Å². The number of nitrogens with one attached hydrogen (secondary N) is 2. The number of anilines is 1. The quantitative estimate of drug-likeness (QED) is 0.858. The van der Waals surface area contributed by atoms with Crippen LogP contribution in [0.25, 0.3) is 0 Å². The van der Waals surface area contributed by atoms with Gasteiger partial charge in [0.2, 0.25) is 0 Å². The Hall–Kier alpha value is -2.21. The molecule has 23 heavy (non-hydrogen) atoms. The SMILES string of the molecule is Cc1cc(NC(=O)c2cncc(C(=O)NC(C)C)c2)ccc1Br. The molecule has 0 fully saturated rings. The van der Waals surface area contributed by atoms with Gasteiger partial charge in [-0.3, -0.25) is 14.6 Å². The van der Waals surface area contributed by atoms with Gasteiger partial charge < -0.3 is 10.6 Å². The first-order valence-electron chi connectivity index (χ1n) is 7.20. The summed E-state index contributed by atoms with van der Waals surface area (Å²) in [6.45, 7) is 5.69. The van der Waals surface area contributed by atoms with Crippen LogP contribution in [-0.4, -0.2) is 22.8 Å². The van der Waals surface area contributed by atoms with E-state index in [1.54, 1.807) is 6.07 Å². The Balaban J connectivity index is 2.16. The van der Waals surface area contributed by atoms with Crippen LogP contribution in [0, 0.1) is 6.92 Å². The first kappa shape index (κ1) is 17.1. The summed E-state index contributed by atoms with van der Waals surface area (Å²) in [7, 11) is 0. The van der Waals surface area contributed by atoms with Crippen molar-refractivity contribution in [1.29, 1.82) is 0 Å². The largest absolute Gasteiger partial charge is 0.350 e. The van der Waals surface area contributed by atoms with E-state index in [1.807, 2.05) is 32.9 Å². The molecule has 0 bridgehead atoms. The summed E-state index contributed by atoms with van der Waals surface area (Å²) in [6.07, 6.45) is 2.88. The molecule has 0 aliphatic carbocycles. The fourth-order valence-electron chi connectivity index (χ4n) is 1.96. The van der Waals surface area contributed by atoms with E-state index in [2.05, 4.69) is 31.5 Å². The average molecular weight is 376 g/mol. The van der Waals surface area contributed by atoms with Gasteiger partial charge in [-0.15, -0.1) is 0 Å². The second kappa shape index (κ2) is 7.37. The lowest BCUT2D eigenvalue weighted by molar-refractivity contribution is 0.0942. The lowest BCUT2D eigenvalue weighted by atomic mass is 10.1. The van der Waals surface area contributed by atoms with Gasteiger partial charge in [0.15, 0.2) is 0 Å². The van der Waals surface area contributed by atoms with E-state index < -0.39 is 0 Å². The molecule has 0 saturated heterocycles. The van der Waals surface area contributed by atoms with E-state index in [0.717, 1.165) is 10.0 Å². The maximum atomic E-state index is 12.3. The number of pyridine rings is 1.